The fourth-order valence-corrected chi connectivity index (χ4v) is 4.15. The van der Waals surface area contributed by atoms with Gasteiger partial charge in [0.15, 0.2) is 0 Å². The number of methoxy groups -OCH3 is 1. The molecule has 0 radical (unpaired) electrons. The van der Waals surface area contributed by atoms with Gasteiger partial charge in [0.05, 0.1) is 40.8 Å². The summed E-state index contributed by atoms with van der Waals surface area (Å²) in [5, 5.41) is 13.4. The lowest BCUT2D eigenvalue weighted by atomic mass is 9.80. The standard InChI is InChI=1S/C24H23Cl2NO5/c1-13-19(23(28)29)21(17-5-4-6-18(25)22(17)26)20(14(2)27-13)24(30)32-12-11-15-7-9-16(31-3)10-8-15/h4-10,21,27H,11-12H2,1-3H3,(H,28,29). The molecule has 0 aliphatic carbocycles. The number of carboxylic acid groups (broad SMARTS) is 1. The van der Waals surface area contributed by atoms with E-state index in [1.807, 2.05) is 24.3 Å². The van der Waals surface area contributed by atoms with Crippen LogP contribution in [0.4, 0.5) is 0 Å². The Bertz CT molecular complexity index is 1110. The van der Waals surface area contributed by atoms with Crippen molar-refractivity contribution in [2.24, 2.45) is 0 Å². The fourth-order valence-electron chi connectivity index (χ4n) is 3.73. The first kappa shape index (κ1) is 23.7. The van der Waals surface area contributed by atoms with Gasteiger partial charge >= 0.3 is 11.9 Å². The summed E-state index contributed by atoms with van der Waals surface area (Å²) >= 11 is 12.6. The molecule has 1 aliphatic rings. The van der Waals surface area contributed by atoms with E-state index in [0.717, 1.165) is 11.3 Å². The van der Waals surface area contributed by atoms with E-state index in [0.29, 0.717) is 23.4 Å². The van der Waals surface area contributed by atoms with Gasteiger partial charge in [0.2, 0.25) is 0 Å². The van der Waals surface area contributed by atoms with Crippen molar-refractivity contribution in [3.8, 4) is 5.75 Å². The number of halogens is 2. The monoisotopic (exact) mass is 475 g/mol. The Morgan fingerprint density at radius 3 is 2.31 bits per heavy atom. The van der Waals surface area contributed by atoms with Crippen LogP contribution in [-0.2, 0) is 20.7 Å². The minimum atomic E-state index is -1.16. The van der Waals surface area contributed by atoms with Crippen molar-refractivity contribution in [2.75, 3.05) is 13.7 Å². The Kier molecular flexibility index (Phi) is 7.48. The number of rotatable bonds is 7. The largest absolute Gasteiger partial charge is 0.497 e. The third kappa shape index (κ3) is 4.92. The molecule has 32 heavy (non-hydrogen) atoms. The fraction of sp³-hybridized carbons (Fsp3) is 0.250. The van der Waals surface area contributed by atoms with Crippen LogP contribution >= 0.6 is 23.2 Å². The van der Waals surface area contributed by atoms with Gasteiger partial charge in [-0.2, -0.15) is 0 Å². The zero-order valence-corrected chi connectivity index (χ0v) is 19.4. The van der Waals surface area contributed by atoms with E-state index < -0.39 is 17.9 Å². The van der Waals surface area contributed by atoms with Gasteiger partial charge in [0, 0.05) is 17.8 Å². The second kappa shape index (κ2) is 10.1. The molecule has 168 valence electrons. The van der Waals surface area contributed by atoms with Crippen molar-refractivity contribution >= 4 is 35.1 Å². The Morgan fingerprint density at radius 1 is 1.03 bits per heavy atom. The average Bonchev–Trinajstić information content (AvgIpc) is 2.75. The van der Waals surface area contributed by atoms with E-state index in [2.05, 4.69) is 5.32 Å². The van der Waals surface area contributed by atoms with Crippen LogP contribution in [0, 0.1) is 0 Å². The average molecular weight is 476 g/mol. The molecular weight excluding hydrogens is 453 g/mol. The SMILES string of the molecule is COc1ccc(CCOC(=O)C2=C(C)NC(C)=C(C(=O)O)C2c2cccc(Cl)c2Cl)cc1. The lowest BCUT2D eigenvalue weighted by Crippen LogP contribution is -2.32. The molecule has 0 aromatic heterocycles. The summed E-state index contributed by atoms with van der Waals surface area (Å²) in [4.78, 5) is 25.2. The van der Waals surface area contributed by atoms with Gasteiger partial charge in [-0.3, -0.25) is 0 Å². The first-order chi connectivity index (χ1) is 15.2. The van der Waals surface area contributed by atoms with Gasteiger partial charge in [-0.25, -0.2) is 9.59 Å². The van der Waals surface area contributed by atoms with E-state index in [-0.39, 0.29) is 27.8 Å². The zero-order chi connectivity index (χ0) is 23.4. The highest BCUT2D eigenvalue weighted by atomic mass is 35.5. The second-order valence-corrected chi connectivity index (χ2v) is 8.10. The number of benzene rings is 2. The van der Waals surface area contributed by atoms with Crippen LogP contribution in [0.1, 0.15) is 30.9 Å². The summed E-state index contributed by atoms with van der Waals surface area (Å²) in [5.41, 5.74) is 2.53. The molecule has 3 rings (SSSR count). The van der Waals surface area contributed by atoms with Crippen molar-refractivity contribution in [1.82, 2.24) is 5.32 Å². The smallest absolute Gasteiger partial charge is 0.336 e. The third-order valence-corrected chi connectivity index (χ3v) is 6.12. The first-order valence-corrected chi connectivity index (χ1v) is 10.7. The van der Waals surface area contributed by atoms with Gasteiger partial charge in [-0.15, -0.1) is 0 Å². The van der Waals surface area contributed by atoms with Crippen LogP contribution in [0.15, 0.2) is 65.0 Å². The topological polar surface area (TPSA) is 84.9 Å². The molecule has 1 atom stereocenters. The third-order valence-electron chi connectivity index (χ3n) is 5.29. The molecule has 0 saturated heterocycles. The number of carbonyl (C=O) groups excluding carboxylic acids is 1. The highest BCUT2D eigenvalue weighted by Gasteiger charge is 2.38. The van der Waals surface area contributed by atoms with Gasteiger partial charge in [0.25, 0.3) is 0 Å². The molecule has 1 aliphatic heterocycles. The molecule has 0 bridgehead atoms. The number of dihydropyridines is 1. The lowest BCUT2D eigenvalue weighted by Gasteiger charge is -2.30. The highest BCUT2D eigenvalue weighted by Crippen LogP contribution is 2.43. The zero-order valence-electron chi connectivity index (χ0n) is 17.9. The van der Waals surface area contributed by atoms with Crippen LogP contribution in [0.5, 0.6) is 5.75 Å². The summed E-state index contributed by atoms with van der Waals surface area (Å²) in [6, 6.07) is 12.4. The number of esters is 1. The van der Waals surface area contributed by atoms with Gasteiger partial charge in [-0.1, -0.05) is 47.5 Å². The molecule has 8 heteroatoms. The minimum absolute atomic E-state index is 0.0156. The van der Waals surface area contributed by atoms with Crippen LogP contribution < -0.4 is 10.1 Å². The highest BCUT2D eigenvalue weighted by molar-refractivity contribution is 6.42. The number of hydrogen-bond acceptors (Lipinski definition) is 5. The molecule has 2 aromatic carbocycles. The van der Waals surface area contributed by atoms with Gasteiger partial charge in [-0.05, 0) is 43.2 Å². The van der Waals surface area contributed by atoms with Crippen molar-refractivity contribution in [1.29, 1.82) is 0 Å². The Labute approximate surface area is 196 Å². The van der Waals surface area contributed by atoms with Crippen molar-refractivity contribution < 1.29 is 24.2 Å². The molecule has 0 fully saturated rings. The Morgan fingerprint density at radius 2 is 1.69 bits per heavy atom. The van der Waals surface area contributed by atoms with Crippen LogP contribution in [-0.4, -0.2) is 30.8 Å². The molecule has 0 spiro atoms. The quantitative estimate of drug-likeness (QED) is 0.541. The summed E-state index contributed by atoms with van der Waals surface area (Å²) in [7, 11) is 1.59. The first-order valence-electron chi connectivity index (χ1n) is 9.90. The van der Waals surface area contributed by atoms with E-state index in [4.69, 9.17) is 32.7 Å². The number of nitrogens with one attached hydrogen (secondary N) is 1. The predicted octanol–water partition coefficient (Wildman–Crippen LogP) is 5.11. The number of aliphatic carboxylic acids is 1. The molecule has 1 heterocycles. The predicted molar refractivity (Wildman–Crippen MR) is 123 cm³/mol. The maximum absolute atomic E-state index is 13.1. The number of allylic oxidation sites excluding steroid dienone is 2. The van der Waals surface area contributed by atoms with Crippen molar-refractivity contribution in [2.45, 2.75) is 26.2 Å². The van der Waals surface area contributed by atoms with Crippen molar-refractivity contribution in [3.63, 3.8) is 0 Å². The van der Waals surface area contributed by atoms with E-state index in [1.54, 1.807) is 39.2 Å². The van der Waals surface area contributed by atoms with Gasteiger partial charge in [0.1, 0.15) is 5.75 Å². The normalized spacial score (nSPS) is 16.0. The number of ether oxygens (including phenoxy) is 2. The second-order valence-electron chi connectivity index (χ2n) is 7.32. The molecule has 6 nitrogen and oxygen atoms in total. The summed E-state index contributed by atoms with van der Waals surface area (Å²) < 4.78 is 10.7. The molecular formula is C24H23Cl2NO5. The molecule has 2 aromatic rings. The number of hydrogen-bond donors (Lipinski definition) is 2. The van der Waals surface area contributed by atoms with Gasteiger partial charge < -0.3 is 19.9 Å². The maximum atomic E-state index is 13.1. The summed E-state index contributed by atoms with van der Waals surface area (Å²) in [6.07, 6.45) is 0.499. The summed E-state index contributed by atoms with van der Waals surface area (Å²) in [5.74, 6) is -1.96. The summed E-state index contributed by atoms with van der Waals surface area (Å²) in [6.45, 7) is 3.47. The number of carbonyl (C=O) groups is 2. The molecule has 1 unspecified atom stereocenters. The molecule has 2 N–H and O–H groups in total. The van der Waals surface area contributed by atoms with E-state index >= 15 is 0 Å². The number of carboxylic acids is 1. The minimum Gasteiger partial charge on any atom is -0.497 e. The van der Waals surface area contributed by atoms with E-state index in [9.17, 15) is 14.7 Å². The Hall–Kier alpha value is -2.96. The van der Waals surface area contributed by atoms with Crippen molar-refractivity contribution in [3.05, 3.63) is 86.2 Å². The van der Waals surface area contributed by atoms with Crippen LogP contribution in [0.3, 0.4) is 0 Å². The molecule has 0 amide bonds. The maximum Gasteiger partial charge on any atom is 0.336 e. The van der Waals surface area contributed by atoms with Crippen LogP contribution in [0.25, 0.3) is 0 Å². The Balaban J connectivity index is 1.89. The van der Waals surface area contributed by atoms with Crippen LogP contribution in [0.2, 0.25) is 10.0 Å². The lowest BCUT2D eigenvalue weighted by molar-refractivity contribution is -0.139. The van der Waals surface area contributed by atoms with E-state index in [1.165, 1.54) is 0 Å². The molecule has 0 saturated carbocycles.